The molecule has 0 spiro atoms. The number of hydrogen-bond donors (Lipinski definition) is 0. The predicted octanol–water partition coefficient (Wildman–Crippen LogP) is 15.4. The molecule has 0 aliphatic rings. The van der Waals surface area contributed by atoms with Gasteiger partial charge < -0.3 is 4.40 Å². The summed E-state index contributed by atoms with van der Waals surface area (Å²) in [5.41, 5.74) is 15.9. The molecule has 332 valence electrons. The van der Waals surface area contributed by atoms with Crippen LogP contribution in [0.1, 0.15) is 11.1 Å². The Morgan fingerprint density at radius 3 is 1.83 bits per heavy atom. The average Bonchev–Trinajstić information content (AvgIpc) is 4.12. The molecule has 0 amide bonds. The van der Waals surface area contributed by atoms with E-state index < -0.39 is 0 Å². The van der Waals surface area contributed by atoms with Crippen LogP contribution in [-0.2, 0) is 19.4 Å². The van der Waals surface area contributed by atoms with Gasteiger partial charge in [-0.3, -0.25) is 0 Å². The van der Waals surface area contributed by atoms with E-state index in [2.05, 4.69) is 232 Å². The van der Waals surface area contributed by atoms with Crippen LogP contribution in [0.15, 0.2) is 212 Å². The van der Waals surface area contributed by atoms with E-state index in [0.29, 0.717) is 11.3 Å². The van der Waals surface area contributed by atoms with Crippen molar-refractivity contribution in [1.82, 2.24) is 23.1 Å². The van der Waals surface area contributed by atoms with Gasteiger partial charge in [0.05, 0.1) is 28.2 Å². The van der Waals surface area contributed by atoms with Gasteiger partial charge in [-0.05, 0) is 24.3 Å². The first-order valence-corrected chi connectivity index (χ1v) is 24.4. The van der Waals surface area contributed by atoms with Crippen molar-refractivity contribution in [3.8, 4) is 57.0 Å². The minimum Gasteiger partial charge on any atom is 0.0621 e. The molecule has 8 heteroatoms. The van der Waals surface area contributed by atoms with Gasteiger partial charge in [-0.2, -0.15) is 5.26 Å². The Morgan fingerprint density at radius 1 is 0.486 bits per heavy atom. The van der Waals surface area contributed by atoms with Crippen molar-refractivity contribution >= 4 is 70.9 Å². The number of imidazole rings is 1. The van der Waals surface area contributed by atoms with E-state index in [1.165, 1.54) is 0 Å². The molecule has 0 saturated heterocycles. The quantitative estimate of drug-likeness (QED) is 0.160. The van der Waals surface area contributed by atoms with E-state index in [1.807, 2.05) is 30.5 Å². The van der Waals surface area contributed by atoms with Crippen LogP contribution in [0.3, 0.4) is 0 Å². The first-order valence-electron chi connectivity index (χ1n) is 23.2. The number of fused-ring (bicyclic) bond motifs is 10. The molecule has 9 aromatic carbocycles. The normalized spacial score (nSPS) is 11.9. The van der Waals surface area contributed by atoms with Crippen LogP contribution in [0.5, 0.6) is 11.5 Å². The Bertz CT molecular complexity index is 4480. The second-order valence-electron chi connectivity index (χ2n) is 17.9. The van der Waals surface area contributed by atoms with Gasteiger partial charge in [-0.25, -0.2) is 0 Å². The number of nitriles is 1. The SMILES string of the molecule is Cc1ccc(-n2[c](=[Pt])n(-c3c(-c4ccccc4)cccc3-c3ccccc3)c3ccccc32)cc1Oc1ccc2c3cc4c5cc(C#N)cc6c7ccccc7n(c4cc3n(-c3ccccn3)c2c1)c65. The second-order valence-corrected chi connectivity index (χ2v) is 18.9. The van der Waals surface area contributed by atoms with Crippen molar-refractivity contribution in [2.24, 2.45) is 0 Å². The van der Waals surface area contributed by atoms with Crippen LogP contribution in [0.25, 0.3) is 110 Å². The molecule has 14 aromatic rings. The first-order chi connectivity index (χ1) is 34.5. The number of aryl methyl sites for hydroxylation is 1. The molecule has 7 nitrogen and oxygen atoms in total. The van der Waals surface area contributed by atoms with Crippen LogP contribution in [0, 0.1) is 22.1 Å². The van der Waals surface area contributed by atoms with E-state index in [9.17, 15) is 5.26 Å². The maximum atomic E-state index is 10.2. The number of hydrogen-bond acceptors (Lipinski definition) is 3. The van der Waals surface area contributed by atoms with Gasteiger partial charge in [0, 0.05) is 27.7 Å². The van der Waals surface area contributed by atoms with Crippen molar-refractivity contribution in [2.75, 3.05) is 0 Å². The summed E-state index contributed by atoms with van der Waals surface area (Å²) in [4.78, 5) is 4.90. The molecule has 0 aliphatic carbocycles. The molecule has 0 aliphatic heterocycles. The Morgan fingerprint density at radius 2 is 1.11 bits per heavy atom. The van der Waals surface area contributed by atoms with Gasteiger partial charge in [-0.15, -0.1) is 0 Å². The summed E-state index contributed by atoms with van der Waals surface area (Å²) in [5.74, 6) is 2.29. The van der Waals surface area contributed by atoms with Crippen molar-refractivity contribution in [2.45, 2.75) is 6.92 Å². The Labute approximate surface area is 412 Å². The predicted molar refractivity (Wildman–Crippen MR) is 279 cm³/mol. The number of rotatable bonds is 7. The molecule has 0 radical (unpaired) electrons. The van der Waals surface area contributed by atoms with E-state index in [0.717, 1.165) is 125 Å². The van der Waals surface area contributed by atoms with Crippen molar-refractivity contribution in [1.29, 1.82) is 5.26 Å². The third-order valence-corrected chi connectivity index (χ3v) is 15.0. The number of nitrogens with zero attached hydrogens (tertiary/aromatic N) is 6. The monoisotopic (exact) mass is 1080 g/mol. The standard InChI is InChI=1S/C62H38N6O.Pt/c1-39-26-27-43(65-38-66(55-24-11-10-23-54(55)65)61-45(41-15-4-2-5-16-41)20-14-21-46(61)42-17-6-3-7-18-42)33-59(39)69-44-28-29-48-49-35-50-52-32-40(37-63)31-51-47-19-8-9-22-53(47)68(62(51)52)58(50)36-57(49)67(56(48)34-44)60-25-12-13-30-64-60;/h2-36H,1H3;. The molecule has 0 fully saturated rings. The van der Waals surface area contributed by atoms with Crippen molar-refractivity contribution < 1.29 is 24.1 Å². The molecular formula is C62H38N6OPt. The maximum absolute atomic E-state index is 10.2. The first kappa shape index (κ1) is 40.3. The largest absolute Gasteiger partial charge is 0.0621 e. The molecular weight excluding hydrogens is 1040 g/mol. The molecule has 0 unspecified atom stereocenters. The fourth-order valence-corrected chi connectivity index (χ4v) is 12.0. The smallest absolute Gasteiger partial charge is 0.0621 e. The third kappa shape index (κ3) is 5.97. The molecule has 0 bridgehead atoms. The number of para-hydroxylation sites is 4. The second kappa shape index (κ2) is 15.6. The summed E-state index contributed by atoms with van der Waals surface area (Å²) in [6.07, 6.45) is 1.84. The zero-order valence-corrected chi connectivity index (χ0v) is 39.9. The zero-order valence-electron chi connectivity index (χ0n) is 37.6. The van der Waals surface area contributed by atoms with E-state index in [-0.39, 0.29) is 0 Å². The zero-order chi connectivity index (χ0) is 46.6. The van der Waals surface area contributed by atoms with E-state index >= 15 is 0 Å². The third-order valence-electron chi connectivity index (χ3n) is 14.0. The van der Waals surface area contributed by atoms with Crippen LogP contribution in [0.4, 0.5) is 0 Å². The molecule has 0 atom stereocenters. The topological polar surface area (TPSA) is 65.1 Å². The minimum absolute atomic E-state index is 0.653. The van der Waals surface area contributed by atoms with Crippen molar-refractivity contribution in [3.63, 3.8) is 0 Å². The summed E-state index contributed by atoms with van der Waals surface area (Å²) in [5, 5.41) is 16.8. The number of ether oxygens (including phenoxy) is 1. The van der Waals surface area contributed by atoms with Gasteiger partial charge >= 0.3 is 301 Å². The van der Waals surface area contributed by atoms with Gasteiger partial charge in [0.1, 0.15) is 0 Å². The summed E-state index contributed by atoms with van der Waals surface area (Å²) in [6.45, 7) is 2.10. The number of pyridine rings is 1. The molecule has 70 heavy (non-hydrogen) atoms. The number of aromatic nitrogens is 5. The van der Waals surface area contributed by atoms with Gasteiger partial charge in [0.15, 0.2) is 0 Å². The Hall–Kier alpha value is -8.82. The van der Waals surface area contributed by atoms with Gasteiger partial charge in [-0.1, -0.05) is 24.3 Å². The van der Waals surface area contributed by atoms with Gasteiger partial charge in [0.25, 0.3) is 0 Å². The fraction of sp³-hybridized carbons (Fsp3) is 0.0161. The minimum atomic E-state index is 0.653. The molecule has 14 rings (SSSR count). The Kier molecular flexibility index (Phi) is 8.98. The summed E-state index contributed by atoms with van der Waals surface area (Å²) < 4.78 is 17.4. The van der Waals surface area contributed by atoms with Crippen LogP contribution < -0.4 is 4.74 Å². The molecule has 0 saturated carbocycles. The average molecular weight is 1080 g/mol. The van der Waals surface area contributed by atoms with Crippen LogP contribution in [-0.4, -0.2) is 23.1 Å². The molecule has 5 heterocycles. The van der Waals surface area contributed by atoms with Crippen LogP contribution in [0.2, 0.25) is 0 Å². The molecule has 0 N–H and O–H groups in total. The summed E-state index contributed by atoms with van der Waals surface area (Å²) >= 11 is 2.50. The number of benzene rings is 9. The van der Waals surface area contributed by atoms with Gasteiger partial charge in [0.2, 0.25) is 0 Å². The maximum Gasteiger partial charge on any atom is 0.0621 e. The fourth-order valence-electron chi connectivity index (χ4n) is 10.9. The van der Waals surface area contributed by atoms with E-state index in [4.69, 9.17) is 9.72 Å². The summed E-state index contributed by atoms with van der Waals surface area (Å²) in [7, 11) is 0. The molecule has 5 aromatic heterocycles. The Balaban J connectivity index is 0.939. The summed E-state index contributed by atoms with van der Waals surface area (Å²) in [6, 6.07) is 75.1. The van der Waals surface area contributed by atoms with Crippen LogP contribution >= 0.6 is 0 Å². The van der Waals surface area contributed by atoms with Crippen molar-refractivity contribution in [3.05, 3.63) is 227 Å². The van der Waals surface area contributed by atoms with E-state index in [1.54, 1.807) is 0 Å².